The van der Waals surface area contributed by atoms with E-state index in [1.165, 1.54) is 26.6 Å². The van der Waals surface area contributed by atoms with Crippen LogP contribution in [0, 0.1) is 0 Å². The Kier molecular flexibility index (Phi) is 2.76. The van der Waals surface area contributed by atoms with Crippen LogP contribution in [0.25, 0.3) is 9.75 Å². The Morgan fingerprint density at radius 2 is 1.73 bits per heavy atom. The van der Waals surface area contributed by atoms with Gasteiger partial charge in [-0.2, -0.15) is 0 Å². The van der Waals surface area contributed by atoms with Crippen LogP contribution in [0.1, 0.15) is 0 Å². The second-order valence-corrected chi connectivity index (χ2v) is 8.43. The van der Waals surface area contributed by atoms with Crippen LogP contribution in [0.3, 0.4) is 0 Å². The molecule has 2 aromatic heterocycles. The van der Waals surface area contributed by atoms with Crippen LogP contribution in [0.2, 0.25) is 0 Å². The molecule has 76 valence electrons. The van der Waals surface area contributed by atoms with Gasteiger partial charge in [0, 0.05) is 11.9 Å². The van der Waals surface area contributed by atoms with Crippen LogP contribution in [0.15, 0.2) is 34.2 Å². The Morgan fingerprint density at radius 3 is 2.60 bits per heavy atom. The van der Waals surface area contributed by atoms with Crippen LogP contribution < -0.4 is 0 Å². The van der Waals surface area contributed by atoms with Gasteiger partial charge >= 0.3 is 0 Å². The molecule has 0 N–H and O–H groups in total. The summed E-state index contributed by atoms with van der Waals surface area (Å²) in [6, 6.07) is 4.10. The summed E-state index contributed by atoms with van der Waals surface area (Å²) in [6.45, 7) is 0. The molecule has 0 aromatic carbocycles. The standard InChI is InChI=1S/C8H2Br2N2S3/c9-5-1-3-7(13-5)8-4(15-12-11-3)2-6(10)14-8/h1-2H. The molecular weight excluding hydrogens is 380 g/mol. The van der Waals surface area contributed by atoms with Crippen molar-refractivity contribution < 1.29 is 0 Å². The van der Waals surface area contributed by atoms with Crippen LogP contribution in [0.5, 0.6) is 0 Å². The van der Waals surface area contributed by atoms with Crippen molar-refractivity contribution in [3.63, 3.8) is 0 Å². The molecule has 0 saturated carbocycles. The van der Waals surface area contributed by atoms with Gasteiger partial charge in [0.25, 0.3) is 0 Å². The molecule has 0 aliphatic carbocycles. The van der Waals surface area contributed by atoms with E-state index in [-0.39, 0.29) is 0 Å². The molecule has 0 radical (unpaired) electrons. The number of thiophene rings is 2. The van der Waals surface area contributed by atoms with Crippen molar-refractivity contribution in [3.8, 4) is 9.75 Å². The Morgan fingerprint density at radius 1 is 1.00 bits per heavy atom. The largest absolute Gasteiger partial charge is 0.142 e. The van der Waals surface area contributed by atoms with Gasteiger partial charge in [0.1, 0.15) is 5.69 Å². The molecule has 0 atom stereocenters. The molecule has 2 aromatic rings. The second-order valence-electron chi connectivity index (χ2n) is 2.78. The first kappa shape index (κ1) is 10.5. The maximum Gasteiger partial charge on any atom is 0.107 e. The molecule has 0 saturated heterocycles. The van der Waals surface area contributed by atoms with Crippen molar-refractivity contribution in [1.29, 1.82) is 0 Å². The Bertz CT molecular complexity index is 558. The molecule has 1 aliphatic rings. The Hall–Kier alpha value is 0.310. The fraction of sp³-hybridized carbons (Fsp3) is 0. The predicted octanol–water partition coefficient (Wildman–Crippen LogP) is 6.11. The number of hydrogen-bond acceptors (Lipinski definition) is 5. The number of hydrogen-bond donors (Lipinski definition) is 0. The zero-order chi connectivity index (χ0) is 10.4. The van der Waals surface area contributed by atoms with Crippen molar-refractivity contribution in [2.24, 2.45) is 9.63 Å². The van der Waals surface area contributed by atoms with Crippen molar-refractivity contribution in [2.45, 2.75) is 4.90 Å². The van der Waals surface area contributed by atoms with Crippen LogP contribution >= 0.6 is 66.5 Å². The van der Waals surface area contributed by atoms with E-state index in [1.807, 2.05) is 6.07 Å². The molecule has 1 aliphatic heterocycles. The minimum absolute atomic E-state index is 0.951. The Balaban J connectivity index is 2.31. The van der Waals surface area contributed by atoms with E-state index in [9.17, 15) is 0 Å². The maximum absolute atomic E-state index is 4.18. The van der Waals surface area contributed by atoms with E-state index >= 15 is 0 Å². The summed E-state index contributed by atoms with van der Waals surface area (Å²) < 4.78 is 6.32. The predicted molar refractivity (Wildman–Crippen MR) is 73.4 cm³/mol. The third-order valence-corrected chi connectivity index (χ3v) is 6.08. The summed E-state index contributed by atoms with van der Waals surface area (Å²) in [4.78, 5) is 3.62. The first-order valence-corrected chi connectivity index (χ1v) is 7.90. The topological polar surface area (TPSA) is 24.7 Å². The molecule has 0 spiro atoms. The Labute approximate surface area is 115 Å². The van der Waals surface area contributed by atoms with Gasteiger partial charge in [-0.1, -0.05) is 0 Å². The molecule has 0 unspecified atom stereocenters. The van der Waals surface area contributed by atoms with Gasteiger partial charge in [-0.25, -0.2) is 0 Å². The summed E-state index contributed by atoms with van der Waals surface area (Å²) in [6.07, 6.45) is 0. The zero-order valence-corrected chi connectivity index (χ0v) is 12.7. The highest BCUT2D eigenvalue weighted by atomic mass is 79.9. The van der Waals surface area contributed by atoms with Crippen molar-refractivity contribution in [1.82, 2.24) is 0 Å². The molecule has 0 bridgehead atoms. The summed E-state index contributed by atoms with van der Waals surface area (Å²) in [5.41, 5.74) is 0.951. The summed E-state index contributed by atoms with van der Waals surface area (Å²) in [5.74, 6) is 0. The van der Waals surface area contributed by atoms with E-state index < -0.39 is 0 Å². The van der Waals surface area contributed by atoms with E-state index in [0.29, 0.717) is 0 Å². The van der Waals surface area contributed by atoms with Crippen LogP contribution in [-0.2, 0) is 0 Å². The van der Waals surface area contributed by atoms with Gasteiger partial charge in [0.05, 0.1) is 22.2 Å². The SMILES string of the molecule is Brc1cc2c(s1)-c1sc(Br)cc1SN=N2. The normalized spacial score (nSPS) is 13.5. The lowest BCUT2D eigenvalue weighted by Crippen LogP contribution is -1.64. The lowest BCUT2D eigenvalue weighted by Gasteiger charge is -1.92. The smallest absolute Gasteiger partial charge is 0.107 e. The average molecular weight is 382 g/mol. The van der Waals surface area contributed by atoms with E-state index in [0.717, 1.165) is 13.3 Å². The molecule has 3 heterocycles. The van der Waals surface area contributed by atoms with Gasteiger partial charge in [0.15, 0.2) is 0 Å². The van der Waals surface area contributed by atoms with Crippen LogP contribution in [-0.4, -0.2) is 0 Å². The molecule has 7 heteroatoms. The maximum atomic E-state index is 4.18. The van der Waals surface area contributed by atoms with Crippen molar-refractivity contribution in [3.05, 3.63) is 19.7 Å². The van der Waals surface area contributed by atoms with Gasteiger partial charge < -0.3 is 0 Å². The first-order chi connectivity index (χ1) is 7.24. The highest BCUT2D eigenvalue weighted by Gasteiger charge is 2.19. The van der Waals surface area contributed by atoms with Crippen molar-refractivity contribution in [2.75, 3.05) is 0 Å². The second kappa shape index (κ2) is 3.96. The summed E-state index contributed by atoms with van der Waals surface area (Å²) in [7, 11) is 0. The third kappa shape index (κ3) is 1.84. The number of fused-ring (bicyclic) bond motifs is 3. The fourth-order valence-corrected chi connectivity index (χ4v) is 5.54. The highest BCUT2D eigenvalue weighted by molar-refractivity contribution is 9.11. The number of halogens is 2. The zero-order valence-electron chi connectivity index (χ0n) is 7.03. The number of nitrogens with zero attached hydrogens (tertiary/aromatic N) is 2. The highest BCUT2D eigenvalue weighted by Crippen LogP contribution is 2.51. The van der Waals surface area contributed by atoms with Gasteiger partial charge in [-0.3, -0.25) is 0 Å². The lowest BCUT2D eigenvalue weighted by atomic mass is 10.3. The summed E-state index contributed by atoms with van der Waals surface area (Å²) >= 11 is 11.8. The third-order valence-electron chi connectivity index (χ3n) is 1.84. The van der Waals surface area contributed by atoms with Crippen molar-refractivity contribution >= 4 is 72.2 Å². The summed E-state index contributed by atoms with van der Waals surface area (Å²) in [5, 5.41) is 4.18. The van der Waals surface area contributed by atoms with Gasteiger partial charge in [-0.05, 0) is 44.0 Å². The van der Waals surface area contributed by atoms with Gasteiger partial charge in [0.2, 0.25) is 0 Å². The molecule has 2 nitrogen and oxygen atoms in total. The first-order valence-electron chi connectivity index (χ1n) is 3.91. The van der Waals surface area contributed by atoms with E-state index in [4.69, 9.17) is 0 Å². The van der Waals surface area contributed by atoms with Gasteiger partial charge in [-0.15, -0.1) is 32.3 Å². The lowest BCUT2D eigenvalue weighted by molar-refractivity contribution is 1.36. The molecule has 15 heavy (non-hydrogen) atoms. The molecule has 0 fully saturated rings. The fourth-order valence-electron chi connectivity index (χ4n) is 1.27. The minimum Gasteiger partial charge on any atom is -0.142 e. The molecular formula is C8H2Br2N2S3. The molecule has 0 amide bonds. The minimum atomic E-state index is 0.951. The average Bonchev–Trinajstić information content (AvgIpc) is 2.67. The van der Waals surface area contributed by atoms with E-state index in [1.54, 1.807) is 22.7 Å². The monoisotopic (exact) mass is 380 g/mol. The van der Waals surface area contributed by atoms with E-state index in [2.05, 4.69) is 47.6 Å². The quantitative estimate of drug-likeness (QED) is 0.505. The molecule has 3 rings (SSSR count). The van der Waals surface area contributed by atoms with Crippen LogP contribution in [0.4, 0.5) is 5.69 Å². The number of rotatable bonds is 0.